The largest absolute Gasteiger partial charge is 0.398 e. The summed E-state index contributed by atoms with van der Waals surface area (Å²) in [5.41, 5.74) is 8.91. The zero-order valence-corrected chi connectivity index (χ0v) is 11.8. The Labute approximate surface area is 112 Å². The van der Waals surface area contributed by atoms with Gasteiger partial charge in [-0.3, -0.25) is 4.98 Å². The molecule has 0 bridgehead atoms. The number of anilines is 2. The monoisotopic (exact) mass is 261 g/mol. The number of rotatable bonds is 4. The number of nitrogens with zero attached hydrogens (tertiary/aromatic N) is 1. The predicted octanol–water partition coefficient (Wildman–Crippen LogP) is 3.29. The second-order valence-electron chi connectivity index (χ2n) is 4.57. The maximum atomic E-state index is 5.99. The van der Waals surface area contributed by atoms with Gasteiger partial charge in [-0.05, 0) is 38.3 Å². The van der Waals surface area contributed by atoms with E-state index in [0.29, 0.717) is 6.04 Å². The average Bonchev–Trinajstić information content (AvgIpc) is 2.33. The number of nitrogens with one attached hydrogen (secondary N) is 1. The molecule has 2 aromatic rings. The van der Waals surface area contributed by atoms with E-state index in [1.807, 2.05) is 37.0 Å². The highest BCUT2D eigenvalue weighted by atomic mass is 32.2. The molecule has 1 aromatic heterocycles. The molecule has 2 rings (SSSR count). The molecule has 1 atom stereocenters. The van der Waals surface area contributed by atoms with E-state index in [1.165, 1.54) is 0 Å². The average molecular weight is 261 g/mol. The van der Waals surface area contributed by atoms with E-state index in [2.05, 4.69) is 29.5 Å². The molecule has 18 heavy (non-hydrogen) atoms. The molecule has 1 heterocycles. The first-order valence-corrected chi connectivity index (χ1v) is 7.41. The van der Waals surface area contributed by atoms with Crippen LogP contribution in [0.2, 0.25) is 0 Å². The minimum Gasteiger partial charge on any atom is -0.398 e. The molecule has 3 N–H and O–H groups in total. The van der Waals surface area contributed by atoms with Crippen LogP contribution in [0.15, 0.2) is 24.4 Å². The third-order valence-corrected chi connectivity index (χ3v) is 3.72. The third-order valence-electron chi connectivity index (χ3n) is 2.89. The van der Waals surface area contributed by atoms with Crippen LogP contribution < -0.4 is 11.1 Å². The number of aryl methyl sites for hydroxylation is 1. The van der Waals surface area contributed by atoms with E-state index in [9.17, 15) is 0 Å². The summed E-state index contributed by atoms with van der Waals surface area (Å²) in [5, 5.41) is 5.70. The number of aromatic nitrogens is 1. The Balaban J connectivity index is 2.44. The van der Waals surface area contributed by atoms with Gasteiger partial charge in [-0.25, -0.2) is 0 Å². The van der Waals surface area contributed by atoms with Crippen LogP contribution in [0.4, 0.5) is 11.4 Å². The first kappa shape index (κ1) is 13.0. The van der Waals surface area contributed by atoms with Crippen molar-refractivity contribution in [3.8, 4) is 0 Å². The maximum Gasteiger partial charge on any atom is 0.0424 e. The first-order valence-electron chi connectivity index (χ1n) is 6.02. The fourth-order valence-electron chi connectivity index (χ4n) is 2.05. The summed E-state index contributed by atoms with van der Waals surface area (Å²) in [5.74, 6) is 1.08. The summed E-state index contributed by atoms with van der Waals surface area (Å²) in [6.45, 7) is 4.18. The Morgan fingerprint density at radius 1 is 1.39 bits per heavy atom. The quantitative estimate of drug-likeness (QED) is 0.829. The molecule has 0 amide bonds. The molecule has 0 aliphatic carbocycles. The molecule has 0 fully saturated rings. The number of hydrogen-bond donors (Lipinski definition) is 2. The van der Waals surface area contributed by atoms with Gasteiger partial charge < -0.3 is 11.1 Å². The number of thioether (sulfide) groups is 1. The lowest BCUT2D eigenvalue weighted by molar-refractivity contribution is 0.916. The molecule has 0 saturated carbocycles. The highest BCUT2D eigenvalue weighted by molar-refractivity contribution is 7.98. The third kappa shape index (κ3) is 2.70. The van der Waals surface area contributed by atoms with Gasteiger partial charge in [0, 0.05) is 45.8 Å². The summed E-state index contributed by atoms with van der Waals surface area (Å²) in [6, 6.07) is 6.50. The fourth-order valence-corrected chi connectivity index (χ4v) is 2.63. The molecule has 0 radical (unpaired) electrons. The van der Waals surface area contributed by atoms with Gasteiger partial charge in [0.1, 0.15) is 0 Å². The minimum absolute atomic E-state index is 0.431. The smallest absolute Gasteiger partial charge is 0.0424 e. The highest BCUT2D eigenvalue weighted by Crippen LogP contribution is 2.28. The standard InChI is InChI=1S/C14H19N3S/c1-9-6-11-12(7-16-9)13(15)4-5-14(11)17-10(2)8-18-3/h4-7,10,17H,8,15H2,1-3H3. The van der Waals surface area contributed by atoms with Gasteiger partial charge in [0.05, 0.1) is 0 Å². The van der Waals surface area contributed by atoms with Crippen LogP contribution in [-0.2, 0) is 0 Å². The molecular weight excluding hydrogens is 242 g/mol. The number of benzene rings is 1. The van der Waals surface area contributed by atoms with Crippen molar-refractivity contribution in [2.24, 2.45) is 0 Å². The van der Waals surface area contributed by atoms with Crippen molar-refractivity contribution in [3.05, 3.63) is 30.1 Å². The predicted molar refractivity (Wildman–Crippen MR) is 82.4 cm³/mol. The first-order chi connectivity index (χ1) is 8.61. The van der Waals surface area contributed by atoms with Gasteiger partial charge in [0.25, 0.3) is 0 Å². The summed E-state index contributed by atoms with van der Waals surface area (Å²) in [7, 11) is 0. The van der Waals surface area contributed by atoms with Crippen molar-refractivity contribution in [2.75, 3.05) is 23.1 Å². The Kier molecular flexibility index (Phi) is 3.97. The van der Waals surface area contributed by atoms with Gasteiger partial charge in [0.2, 0.25) is 0 Å². The van der Waals surface area contributed by atoms with Crippen molar-refractivity contribution in [3.63, 3.8) is 0 Å². The molecule has 1 unspecified atom stereocenters. The summed E-state index contributed by atoms with van der Waals surface area (Å²) < 4.78 is 0. The molecular formula is C14H19N3S. The Hall–Kier alpha value is -1.42. The van der Waals surface area contributed by atoms with E-state index < -0.39 is 0 Å². The van der Waals surface area contributed by atoms with Crippen molar-refractivity contribution >= 4 is 33.9 Å². The number of nitrogens with two attached hydrogens (primary N) is 1. The maximum absolute atomic E-state index is 5.99. The van der Waals surface area contributed by atoms with Gasteiger partial charge in [0.15, 0.2) is 0 Å². The molecule has 4 heteroatoms. The Morgan fingerprint density at radius 3 is 2.89 bits per heavy atom. The minimum atomic E-state index is 0.431. The van der Waals surface area contributed by atoms with Crippen LogP contribution in [-0.4, -0.2) is 23.0 Å². The highest BCUT2D eigenvalue weighted by Gasteiger charge is 2.07. The molecule has 0 spiro atoms. The normalized spacial score (nSPS) is 12.6. The molecule has 0 aliphatic rings. The molecule has 3 nitrogen and oxygen atoms in total. The second-order valence-corrected chi connectivity index (χ2v) is 5.49. The summed E-state index contributed by atoms with van der Waals surface area (Å²) in [6.07, 6.45) is 3.97. The number of fused-ring (bicyclic) bond motifs is 1. The zero-order valence-electron chi connectivity index (χ0n) is 11.0. The van der Waals surface area contributed by atoms with Crippen LogP contribution in [0.5, 0.6) is 0 Å². The Bertz CT molecular complexity index is 554. The summed E-state index contributed by atoms with van der Waals surface area (Å²) in [4.78, 5) is 4.31. The van der Waals surface area contributed by atoms with E-state index in [-0.39, 0.29) is 0 Å². The van der Waals surface area contributed by atoms with Crippen LogP contribution >= 0.6 is 11.8 Å². The van der Waals surface area contributed by atoms with E-state index in [4.69, 9.17) is 5.73 Å². The van der Waals surface area contributed by atoms with Crippen molar-refractivity contribution in [2.45, 2.75) is 19.9 Å². The SMILES string of the molecule is CSCC(C)Nc1ccc(N)c2cnc(C)cc12. The van der Waals surface area contributed by atoms with Crippen LogP contribution in [0.25, 0.3) is 10.8 Å². The van der Waals surface area contributed by atoms with Crippen LogP contribution in [0.1, 0.15) is 12.6 Å². The number of nitrogen functional groups attached to an aromatic ring is 1. The number of pyridine rings is 1. The topological polar surface area (TPSA) is 50.9 Å². The lowest BCUT2D eigenvalue weighted by Crippen LogP contribution is -2.17. The van der Waals surface area contributed by atoms with Gasteiger partial charge in [-0.1, -0.05) is 0 Å². The zero-order chi connectivity index (χ0) is 13.1. The second kappa shape index (κ2) is 5.48. The number of hydrogen-bond acceptors (Lipinski definition) is 4. The molecule has 96 valence electrons. The van der Waals surface area contributed by atoms with Gasteiger partial charge in [-0.2, -0.15) is 11.8 Å². The van der Waals surface area contributed by atoms with Crippen molar-refractivity contribution < 1.29 is 0 Å². The van der Waals surface area contributed by atoms with Crippen LogP contribution in [0, 0.1) is 6.92 Å². The van der Waals surface area contributed by atoms with Crippen molar-refractivity contribution in [1.82, 2.24) is 4.98 Å². The Morgan fingerprint density at radius 2 is 2.17 bits per heavy atom. The molecule has 0 saturated heterocycles. The van der Waals surface area contributed by atoms with Gasteiger partial charge >= 0.3 is 0 Å². The molecule has 0 aliphatic heterocycles. The van der Waals surface area contributed by atoms with E-state index in [1.54, 1.807) is 0 Å². The lowest BCUT2D eigenvalue weighted by Gasteiger charge is -2.17. The molecule has 1 aromatic carbocycles. The van der Waals surface area contributed by atoms with Crippen molar-refractivity contribution in [1.29, 1.82) is 0 Å². The summed E-state index contributed by atoms with van der Waals surface area (Å²) >= 11 is 1.84. The van der Waals surface area contributed by atoms with E-state index >= 15 is 0 Å². The lowest BCUT2D eigenvalue weighted by atomic mass is 10.1. The van der Waals surface area contributed by atoms with Crippen LogP contribution in [0.3, 0.4) is 0 Å². The fraction of sp³-hybridized carbons (Fsp3) is 0.357. The van der Waals surface area contributed by atoms with Gasteiger partial charge in [-0.15, -0.1) is 0 Å². The van der Waals surface area contributed by atoms with E-state index in [0.717, 1.165) is 33.6 Å².